The molecule has 4 nitrogen and oxygen atoms in total. The van der Waals surface area contributed by atoms with Gasteiger partial charge in [0.2, 0.25) is 5.54 Å². The molecule has 0 N–H and O–H groups in total. The van der Waals surface area contributed by atoms with Crippen LogP contribution in [0.3, 0.4) is 0 Å². The highest BCUT2D eigenvalue weighted by Gasteiger charge is 2.63. The maximum Gasteiger partial charge on any atom is 0.223 e. The van der Waals surface area contributed by atoms with Crippen LogP contribution in [0.4, 0.5) is 5.69 Å². The van der Waals surface area contributed by atoms with Gasteiger partial charge in [0, 0.05) is 21.6 Å². The number of carbonyl (C=O) groups is 1. The minimum atomic E-state index is -1.55. The van der Waals surface area contributed by atoms with Crippen molar-refractivity contribution in [3.8, 4) is 12.1 Å². The first kappa shape index (κ1) is 20.2. The second-order valence-corrected chi connectivity index (χ2v) is 8.88. The second-order valence-electron chi connectivity index (χ2n) is 8.02. The largest absolute Gasteiger partial charge is 0.333 e. The van der Waals surface area contributed by atoms with Crippen molar-refractivity contribution in [3.05, 3.63) is 106 Å². The number of carbonyl (C=O) groups excluding carboxylic acids is 1. The fraction of sp³-hybridized carbons (Fsp3) is 0.148. The fourth-order valence-electron chi connectivity index (χ4n) is 5.13. The predicted octanol–water partition coefficient (Wildman–Crippen LogP) is 5.73. The van der Waals surface area contributed by atoms with E-state index in [1.165, 1.54) is 0 Å². The average Bonchev–Trinajstić information content (AvgIpc) is 3.15. The maximum absolute atomic E-state index is 13.9. The lowest BCUT2D eigenvalue weighted by molar-refractivity contribution is 0.0906. The van der Waals surface area contributed by atoms with E-state index in [0.29, 0.717) is 5.56 Å². The standard InChI is InChI=1S/C27H18BrN3O/c28-21-12-6-5-11-20(21)25-24(26(32)19-9-2-1-3-10-19)23-15-14-18-8-4-7-13-22(18)31(23)27(25,16-29)17-30/h1-15,23-25H. The second kappa shape index (κ2) is 7.79. The lowest BCUT2D eigenvalue weighted by Gasteiger charge is -2.37. The number of fused-ring (bicyclic) bond motifs is 3. The van der Waals surface area contributed by atoms with Crippen molar-refractivity contribution in [3.63, 3.8) is 0 Å². The Hall–Kier alpha value is -3.67. The van der Waals surface area contributed by atoms with Crippen molar-refractivity contribution in [1.29, 1.82) is 10.5 Å². The van der Waals surface area contributed by atoms with E-state index in [1.807, 2.05) is 83.8 Å². The van der Waals surface area contributed by atoms with Crippen molar-refractivity contribution in [1.82, 2.24) is 0 Å². The highest BCUT2D eigenvalue weighted by Crippen LogP contribution is 2.55. The van der Waals surface area contributed by atoms with E-state index in [9.17, 15) is 15.3 Å². The summed E-state index contributed by atoms with van der Waals surface area (Å²) >= 11 is 3.61. The molecule has 3 aromatic carbocycles. The molecule has 1 saturated heterocycles. The van der Waals surface area contributed by atoms with E-state index < -0.39 is 23.4 Å². The fourth-order valence-corrected chi connectivity index (χ4v) is 5.66. The van der Waals surface area contributed by atoms with E-state index in [-0.39, 0.29) is 5.78 Å². The van der Waals surface area contributed by atoms with Gasteiger partial charge in [-0.05, 0) is 23.3 Å². The maximum atomic E-state index is 13.9. The third-order valence-corrected chi connectivity index (χ3v) is 7.19. The Morgan fingerprint density at radius 2 is 1.56 bits per heavy atom. The van der Waals surface area contributed by atoms with Crippen LogP contribution in [0.2, 0.25) is 0 Å². The molecule has 2 aliphatic rings. The van der Waals surface area contributed by atoms with Crippen LogP contribution in [0, 0.1) is 28.6 Å². The summed E-state index contributed by atoms with van der Waals surface area (Å²) in [7, 11) is 0. The molecule has 3 atom stereocenters. The zero-order valence-corrected chi connectivity index (χ0v) is 18.6. The molecule has 0 radical (unpaired) electrons. The normalized spacial score (nSPS) is 22.3. The minimum absolute atomic E-state index is 0.0715. The molecule has 32 heavy (non-hydrogen) atoms. The van der Waals surface area contributed by atoms with Gasteiger partial charge in [-0.3, -0.25) is 4.79 Å². The smallest absolute Gasteiger partial charge is 0.223 e. The van der Waals surface area contributed by atoms with Gasteiger partial charge in [0.1, 0.15) is 12.1 Å². The first-order valence-electron chi connectivity index (χ1n) is 10.3. The minimum Gasteiger partial charge on any atom is -0.333 e. The van der Waals surface area contributed by atoms with E-state index in [1.54, 1.807) is 12.1 Å². The Morgan fingerprint density at radius 1 is 0.906 bits per heavy atom. The van der Waals surface area contributed by atoms with Gasteiger partial charge in [0.25, 0.3) is 0 Å². The molecule has 0 spiro atoms. The van der Waals surface area contributed by atoms with Crippen LogP contribution in [0.25, 0.3) is 6.08 Å². The van der Waals surface area contributed by atoms with Gasteiger partial charge >= 0.3 is 0 Å². The van der Waals surface area contributed by atoms with Gasteiger partial charge in [-0.2, -0.15) is 10.5 Å². The summed E-state index contributed by atoms with van der Waals surface area (Å²) in [6.45, 7) is 0. The van der Waals surface area contributed by atoms with Crippen LogP contribution < -0.4 is 4.90 Å². The molecule has 5 heteroatoms. The summed E-state index contributed by atoms with van der Waals surface area (Å²) in [4.78, 5) is 15.8. The topological polar surface area (TPSA) is 67.9 Å². The molecule has 0 aliphatic carbocycles. The highest BCUT2D eigenvalue weighted by molar-refractivity contribution is 9.10. The van der Waals surface area contributed by atoms with Crippen molar-refractivity contribution in [2.45, 2.75) is 17.5 Å². The van der Waals surface area contributed by atoms with Crippen LogP contribution in [0.15, 0.2) is 89.4 Å². The van der Waals surface area contributed by atoms with Crippen LogP contribution in [-0.2, 0) is 0 Å². The number of nitriles is 2. The molecule has 0 aromatic heterocycles. The molecule has 1 fully saturated rings. The lowest BCUT2D eigenvalue weighted by atomic mass is 9.72. The van der Waals surface area contributed by atoms with Crippen LogP contribution in [0.1, 0.15) is 27.4 Å². The Morgan fingerprint density at radius 3 is 2.28 bits per heavy atom. The van der Waals surface area contributed by atoms with Gasteiger partial charge in [0.05, 0.1) is 12.0 Å². The molecule has 2 heterocycles. The number of ketones is 1. The lowest BCUT2D eigenvalue weighted by Crippen LogP contribution is -2.48. The summed E-state index contributed by atoms with van der Waals surface area (Å²) in [5.41, 5.74) is 1.53. The number of hydrogen-bond acceptors (Lipinski definition) is 4. The summed E-state index contributed by atoms with van der Waals surface area (Å²) in [6, 6.07) is 28.6. The SMILES string of the molecule is N#CC1(C#N)C(c2ccccc2Br)C(C(=O)c2ccccc2)C2C=Cc3ccccc3N21. The number of Topliss-reactive ketones (excluding diaryl/α,β-unsaturated/α-hetero) is 1. The van der Waals surface area contributed by atoms with Crippen LogP contribution in [0.5, 0.6) is 0 Å². The number of nitrogens with zero attached hydrogens (tertiary/aromatic N) is 3. The quantitative estimate of drug-likeness (QED) is 0.449. The summed E-state index contributed by atoms with van der Waals surface area (Å²) in [5.74, 6) is -1.33. The first-order valence-corrected chi connectivity index (χ1v) is 11.1. The molecule has 3 unspecified atom stereocenters. The third kappa shape index (κ3) is 2.83. The zero-order valence-electron chi connectivity index (χ0n) is 17.0. The molecule has 2 aliphatic heterocycles. The molecule has 5 rings (SSSR count). The van der Waals surface area contributed by atoms with E-state index in [4.69, 9.17) is 0 Å². The van der Waals surface area contributed by atoms with Crippen LogP contribution in [-0.4, -0.2) is 17.4 Å². The van der Waals surface area contributed by atoms with Crippen molar-refractivity contribution in [2.75, 3.05) is 4.90 Å². The van der Waals surface area contributed by atoms with Gasteiger partial charge in [0.15, 0.2) is 5.78 Å². The van der Waals surface area contributed by atoms with Gasteiger partial charge < -0.3 is 4.90 Å². The predicted molar refractivity (Wildman–Crippen MR) is 127 cm³/mol. The monoisotopic (exact) mass is 479 g/mol. The summed E-state index contributed by atoms with van der Waals surface area (Å²) < 4.78 is 0.780. The molecular formula is C27H18BrN3O. The highest BCUT2D eigenvalue weighted by atomic mass is 79.9. The summed E-state index contributed by atoms with van der Waals surface area (Å²) in [5, 5.41) is 21.0. The Kier molecular flexibility index (Phi) is 4.93. The average molecular weight is 480 g/mol. The number of rotatable bonds is 3. The number of hydrogen-bond donors (Lipinski definition) is 0. The van der Waals surface area contributed by atoms with E-state index in [2.05, 4.69) is 28.1 Å². The van der Waals surface area contributed by atoms with Gasteiger partial charge in [-0.15, -0.1) is 0 Å². The van der Waals surface area contributed by atoms with E-state index in [0.717, 1.165) is 21.3 Å². The number of para-hydroxylation sites is 1. The molecule has 0 bridgehead atoms. The molecule has 3 aromatic rings. The molecular weight excluding hydrogens is 462 g/mol. The number of anilines is 1. The Labute approximate surface area is 195 Å². The first-order chi connectivity index (χ1) is 15.6. The Bertz CT molecular complexity index is 1300. The Balaban J connectivity index is 1.80. The third-order valence-electron chi connectivity index (χ3n) is 6.47. The number of halogens is 1. The molecule has 0 amide bonds. The molecule has 0 saturated carbocycles. The number of benzene rings is 3. The van der Waals surface area contributed by atoms with Gasteiger partial charge in [-0.25, -0.2) is 0 Å². The summed E-state index contributed by atoms with van der Waals surface area (Å²) in [6.07, 6.45) is 3.96. The van der Waals surface area contributed by atoms with Crippen molar-refractivity contribution >= 4 is 33.5 Å². The van der Waals surface area contributed by atoms with Crippen LogP contribution >= 0.6 is 15.9 Å². The van der Waals surface area contributed by atoms with Crippen molar-refractivity contribution < 1.29 is 4.79 Å². The van der Waals surface area contributed by atoms with Crippen molar-refractivity contribution in [2.24, 2.45) is 5.92 Å². The molecule has 154 valence electrons. The van der Waals surface area contributed by atoms with Gasteiger partial charge in [-0.1, -0.05) is 94.8 Å². The zero-order chi connectivity index (χ0) is 22.3. The van der Waals surface area contributed by atoms with E-state index >= 15 is 0 Å².